The summed E-state index contributed by atoms with van der Waals surface area (Å²) < 4.78 is 12.9. The third-order valence-corrected chi connectivity index (χ3v) is 3.89. The van der Waals surface area contributed by atoms with Crippen molar-refractivity contribution in [3.8, 4) is 0 Å². The minimum absolute atomic E-state index is 0.216. The standard InChI is InChI=1S/C17H16FNO/c1-11-2-4-12(5-3-11)15-10-16(15)17(19-20)13-6-8-14(18)9-7-13/h2-9,15-16,20H,10H2,1H3/b19-17+. The Bertz CT molecular complexity index is 631. The highest BCUT2D eigenvalue weighted by Crippen LogP contribution is 2.49. The Kier molecular flexibility index (Phi) is 3.26. The molecule has 20 heavy (non-hydrogen) atoms. The van der Waals surface area contributed by atoms with Crippen molar-refractivity contribution < 1.29 is 9.60 Å². The van der Waals surface area contributed by atoms with Gasteiger partial charge in [-0.3, -0.25) is 0 Å². The van der Waals surface area contributed by atoms with Crippen LogP contribution in [-0.4, -0.2) is 10.9 Å². The Balaban J connectivity index is 1.80. The molecule has 1 N–H and O–H groups in total. The molecule has 1 aliphatic carbocycles. The topological polar surface area (TPSA) is 32.6 Å². The molecule has 1 saturated carbocycles. The molecule has 0 radical (unpaired) electrons. The van der Waals surface area contributed by atoms with Gasteiger partial charge in [0.15, 0.2) is 0 Å². The molecule has 3 heteroatoms. The second-order valence-electron chi connectivity index (χ2n) is 5.35. The van der Waals surface area contributed by atoms with Crippen molar-refractivity contribution in [3.05, 3.63) is 71.0 Å². The number of oxime groups is 1. The molecule has 2 unspecified atom stereocenters. The van der Waals surface area contributed by atoms with Gasteiger partial charge in [-0.2, -0.15) is 0 Å². The maximum Gasteiger partial charge on any atom is 0.123 e. The van der Waals surface area contributed by atoms with Gasteiger partial charge in [-0.05, 0) is 42.5 Å². The summed E-state index contributed by atoms with van der Waals surface area (Å²) in [6.07, 6.45) is 0.972. The zero-order chi connectivity index (χ0) is 14.1. The highest BCUT2D eigenvalue weighted by Gasteiger charge is 2.42. The number of rotatable bonds is 3. The van der Waals surface area contributed by atoms with Gasteiger partial charge in [0.25, 0.3) is 0 Å². The zero-order valence-corrected chi connectivity index (χ0v) is 11.3. The maximum atomic E-state index is 12.9. The smallest absolute Gasteiger partial charge is 0.123 e. The van der Waals surface area contributed by atoms with Crippen molar-refractivity contribution in [2.45, 2.75) is 19.3 Å². The van der Waals surface area contributed by atoms with Crippen LogP contribution in [0.15, 0.2) is 53.7 Å². The Morgan fingerprint density at radius 2 is 1.75 bits per heavy atom. The molecule has 2 aromatic carbocycles. The van der Waals surface area contributed by atoms with E-state index in [2.05, 4.69) is 36.3 Å². The second kappa shape index (κ2) is 5.08. The average Bonchev–Trinajstić information content (AvgIpc) is 3.23. The van der Waals surface area contributed by atoms with Gasteiger partial charge in [-0.1, -0.05) is 47.1 Å². The van der Waals surface area contributed by atoms with E-state index in [0.717, 1.165) is 12.0 Å². The number of benzene rings is 2. The van der Waals surface area contributed by atoms with E-state index in [0.29, 0.717) is 11.6 Å². The summed E-state index contributed by atoms with van der Waals surface area (Å²) in [6, 6.07) is 14.5. The van der Waals surface area contributed by atoms with Crippen LogP contribution in [0.2, 0.25) is 0 Å². The number of hydrogen-bond acceptors (Lipinski definition) is 2. The van der Waals surface area contributed by atoms with Gasteiger partial charge < -0.3 is 5.21 Å². The van der Waals surface area contributed by atoms with Crippen LogP contribution in [0.25, 0.3) is 0 Å². The van der Waals surface area contributed by atoms with E-state index in [1.807, 2.05) is 0 Å². The number of halogens is 1. The van der Waals surface area contributed by atoms with Crippen LogP contribution < -0.4 is 0 Å². The average molecular weight is 269 g/mol. The molecule has 0 amide bonds. The van der Waals surface area contributed by atoms with E-state index >= 15 is 0 Å². The Morgan fingerprint density at radius 1 is 1.10 bits per heavy atom. The molecule has 0 spiro atoms. The van der Waals surface area contributed by atoms with E-state index < -0.39 is 0 Å². The molecule has 1 fully saturated rings. The largest absolute Gasteiger partial charge is 0.411 e. The van der Waals surface area contributed by atoms with Crippen molar-refractivity contribution in [3.63, 3.8) is 0 Å². The van der Waals surface area contributed by atoms with Gasteiger partial charge >= 0.3 is 0 Å². The van der Waals surface area contributed by atoms with Crippen LogP contribution in [0.5, 0.6) is 0 Å². The van der Waals surface area contributed by atoms with E-state index in [4.69, 9.17) is 0 Å². The van der Waals surface area contributed by atoms with Crippen molar-refractivity contribution >= 4 is 5.71 Å². The third kappa shape index (κ3) is 2.44. The molecule has 0 aliphatic heterocycles. The summed E-state index contributed by atoms with van der Waals surface area (Å²) >= 11 is 0. The summed E-state index contributed by atoms with van der Waals surface area (Å²) in [5, 5.41) is 12.7. The highest BCUT2D eigenvalue weighted by atomic mass is 19.1. The lowest BCUT2D eigenvalue weighted by Gasteiger charge is -2.05. The molecule has 3 rings (SSSR count). The fourth-order valence-electron chi connectivity index (χ4n) is 2.65. The fourth-order valence-corrected chi connectivity index (χ4v) is 2.65. The third-order valence-electron chi connectivity index (χ3n) is 3.89. The molecule has 102 valence electrons. The monoisotopic (exact) mass is 269 g/mol. The summed E-state index contributed by atoms with van der Waals surface area (Å²) in [4.78, 5) is 0. The first-order valence-electron chi connectivity index (χ1n) is 6.73. The first-order chi connectivity index (χ1) is 9.69. The van der Waals surface area contributed by atoms with Crippen LogP contribution in [0.4, 0.5) is 4.39 Å². The molecular weight excluding hydrogens is 253 g/mol. The van der Waals surface area contributed by atoms with Crippen molar-refractivity contribution in [2.75, 3.05) is 0 Å². The van der Waals surface area contributed by atoms with Gasteiger partial charge in [-0.25, -0.2) is 4.39 Å². The minimum atomic E-state index is -0.281. The fraction of sp³-hybridized carbons (Fsp3) is 0.235. The Morgan fingerprint density at radius 3 is 2.35 bits per heavy atom. The molecule has 1 aliphatic rings. The molecule has 2 aromatic rings. The van der Waals surface area contributed by atoms with Crippen LogP contribution in [0, 0.1) is 18.7 Å². The summed E-state index contributed by atoms with van der Waals surface area (Å²) in [5.74, 6) is 0.330. The molecule has 0 bridgehead atoms. The molecule has 0 aromatic heterocycles. The molecule has 2 atom stereocenters. The lowest BCUT2D eigenvalue weighted by atomic mass is 10.0. The Labute approximate surface area is 117 Å². The van der Waals surface area contributed by atoms with Crippen LogP contribution >= 0.6 is 0 Å². The van der Waals surface area contributed by atoms with Crippen molar-refractivity contribution in [1.82, 2.24) is 0 Å². The van der Waals surface area contributed by atoms with Crippen LogP contribution in [0.3, 0.4) is 0 Å². The highest BCUT2D eigenvalue weighted by molar-refractivity contribution is 6.04. The Hall–Kier alpha value is -2.16. The first kappa shape index (κ1) is 12.9. The van der Waals surface area contributed by atoms with Crippen LogP contribution in [0.1, 0.15) is 29.0 Å². The number of hydrogen-bond donors (Lipinski definition) is 1. The van der Waals surface area contributed by atoms with E-state index in [9.17, 15) is 9.60 Å². The summed E-state index contributed by atoms with van der Waals surface area (Å²) in [7, 11) is 0. The zero-order valence-electron chi connectivity index (χ0n) is 11.3. The predicted octanol–water partition coefficient (Wildman–Crippen LogP) is 4.12. The summed E-state index contributed by atoms with van der Waals surface area (Å²) in [5.41, 5.74) is 3.94. The van der Waals surface area contributed by atoms with Crippen molar-refractivity contribution in [2.24, 2.45) is 11.1 Å². The lowest BCUT2D eigenvalue weighted by Crippen LogP contribution is -2.05. The summed E-state index contributed by atoms with van der Waals surface area (Å²) in [6.45, 7) is 2.06. The molecule has 0 saturated heterocycles. The van der Waals surface area contributed by atoms with E-state index in [1.54, 1.807) is 12.1 Å². The van der Waals surface area contributed by atoms with Gasteiger partial charge in [-0.15, -0.1) is 0 Å². The second-order valence-corrected chi connectivity index (χ2v) is 5.35. The number of aryl methyl sites for hydroxylation is 1. The quantitative estimate of drug-likeness (QED) is 0.507. The molecular formula is C17H16FNO. The maximum absolute atomic E-state index is 12.9. The molecule has 0 heterocycles. The minimum Gasteiger partial charge on any atom is -0.411 e. The van der Waals surface area contributed by atoms with E-state index in [1.165, 1.54) is 23.3 Å². The van der Waals surface area contributed by atoms with Crippen molar-refractivity contribution in [1.29, 1.82) is 0 Å². The normalized spacial score (nSPS) is 21.8. The van der Waals surface area contributed by atoms with E-state index in [-0.39, 0.29) is 11.7 Å². The number of nitrogens with zero attached hydrogens (tertiary/aromatic N) is 1. The van der Waals surface area contributed by atoms with Gasteiger partial charge in [0.05, 0.1) is 5.71 Å². The van der Waals surface area contributed by atoms with Gasteiger partial charge in [0.1, 0.15) is 5.82 Å². The van der Waals surface area contributed by atoms with Gasteiger partial charge in [0.2, 0.25) is 0 Å². The van der Waals surface area contributed by atoms with Gasteiger partial charge in [0, 0.05) is 5.92 Å². The van der Waals surface area contributed by atoms with Crippen LogP contribution in [-0.2, 0) is 0 Å². The predicted molar refractivity (Wildman–Crippen MR) is 76.8 cm³/mol. The molecule has 2 nitrogen and oxygen atoms in total. The lowest BCUT2D eigenvalue weighted by molar-refractivity contribution is 0.317. The first-order valence-corrected chi connectivity index (χ1v) is 6.73. The SMILES string of the molecule is Cc1ccc(C2CC2/C(=N/O)c2ccc(F)cc2)cc1.